The van der Waals surface area contributed by atoms with E-state index in [1.54, 1.807) is 24.3 Å². The molecule has 0 saturated carbocycles. The number of carbonyl (C=O) groups is 1. The standard InChI is InChI=1S/C28H29NO5/c1-3-4-20-18-25(34-24-8-6-23(30)7-9-24)10-12-27(20)33-14-13-22-17-21-15-19(16-28(31)32-2)5-11-26(21)29-22/h5-12,15,17-18,29-30H,3-4,13-14,16H2,1-2H3. The molecule has 2 N–H and O–H groups in total. The van der Waals surface area contributed by atoms with Crippen molar-refractivity contribution in [2.45, 2.75) is 32.6 Å². The molecular weight excluding hydrogens is 430 g/mol. The number of phenols is 1. The molecule has 0 aliphatic heterocycles. The number of aromatic nitrogens is 1. The zero-order valence-corrected chi connectivity index (χ0v) is 19.5. The highest BCUT2D eigenvalue weighted by atomic mass is 16.5. The van der Waals surface area contributed by atoms with Crippen molar-refractivity contribution in [2.24, 2.45) is 0 Å². The van der Waals surface area contributed by atoms with Gasteiger partial charge in [-0.2, -0.15) is 0 Å². The van der Waals surface area contributed by atoms with Crippen LogP contribution in [0.4, 0.5) is 0 Å². The number of rotatable bonds is 10. The van der Waals surface area contributed by atoms with Crippen LogP contribution in [0.2, 0.25) is 0 Å². The maximum atomic E-state index is 11.5. The predicted molar refractivity (Wildman–Crippen MR) is 132 cm³/mol. The molecule has 6 heteroatoms. The molecule has 34 heavy (non-hydrogen) atoms. The largest absolute Gasteiger partial charge is 0.508 e. The van der Waals surface area contributed by atoms with Crippen molar-refractivity contribution in [1.82, 2.24) is 4.98 Å². The number of methoxy groups -OCH3 is 1. The zero-order valence-electron chi connectivity index (χ0n) is 19.5. The minimum atomic E-state index is -0.245. The number of nitrogens with one attached hydrogen (secondary N) is 1. The van der Waals surface area contributed by atoms with Gasteiger partial charge in [-0.25, -0.2) is 0 Å². The molecule has 0 bridgehead atoms. The Morgan fingerprint density at radius 2 is 1.74 bits per heavy atom. The van der Waals surface area contributed by atoms with Crippen LogP contribution in [0.25, 0.3) is 10.9 Å². The maximum Gasteiger partial charge on any atom is 0.309 e. The Morgan fingerprint density at radius 3 is 2.50 bits per heavy atom. The van der Waals surface area contributed by atoms with Gasteiger partial charge in [-0.3, -0.25) is 4.79 Å². The van der Waals surface area contributed by atoms with Gasteiger partial charge >= 0.3 is 5.97 Å². The average molecular weight is 460 g/mol. The summed E-state index contributed by atoms with van der Waals surface area (Å²) in [4.78, 5) is 15.0. The fraction of sp³-hybridized carbons (Fsp3) is 0.250. The summed E-state index contributed by atoms with van der Waals surface area (Å²) in [5, 5.41) is 10.5. The van der Waals surface area contributed by atoms with E-state index in [1.165, 1.54) is 7.11 Å². The number of hydrogen-bond donors (Lipinski definition) is 2. The van der Waals surface area contributed by atoms with Crippen molar-refractivity contribution in [3.8, 4) is 23.0 Å². The van der Waals surface area contributed by atoms with Gasteiger partial charge in [0.1, 0.15) is 23.0 Å². The SMILES string of the molecule is CCCc1cc(Oc2ccc(O)cc2)ccc1OCCc1cc2cc(CC(=O)OC)ccc2[nH]1. The molecule has 0 fully saturated rings. The number of hydrogen-bond acceptors (Lipinski definition) is 5. The minimum absolute atomic E-state index is 0.208. The van der Waals surface area contributed by atoms with Crippen molar-refractivity contribution < 1.29 is 24.1 Å². The summed E-state index contributed by atoms with van der Waals surface area (Å²) in [6.45, 7) is 2.67. The maximum absolute atomic E-state index is 11.5. The van der Waals surface area contributed by atoms with Crippen molar-refractivity contribution >= 4 is 16.9 Å². The Kier molecular flexibility index (Phi) is 7.38. The number of benzene rings is 3. The van der Waals surface area contributed by atoms with Crippen LogP contribution in [-0.2, 0) is 28.8 Å². The molecule has 0 amide bonds. The first-order valence-electron chi connectivity index (χ1n) is 11.4. The summed E-state index contributed by atoms with van der Waals surface area (Å²) in [6.07, 6.45) is 2.88. The monoisotopic (exact) mass is 459 g/mol. The van der Waals surface area contributed by atoms with Gasteiger partial charge in [-0.05, 0) is 83.6 Å². The van der Waals surface area contributed by atoms with E-state index in [4.69, 9.17) is 14.2 Å². The Hall–Kier alpha value is -3.93. The van der Waals surface area contributed by atoms with Crippen LogP contribution in [0, 0.1) is 0 Å². The average Bonchev–Trinajstić information content (AvgIpc) is 3.24. The summed E-state index contributed by atoms with van der Waals surface area (Å²) < 4.78 is 16.8. The second-order valence-electron chi connectivity index (χ2n) is 8.18. The molecule has 6 nitrogen and oxygen atoms in total. The van der Waals surface area contributed by atoms with E-state index in [-0.39, 0.29) is 18.1 Å². The number of ether oxygens (including phenoxy) is 3. The molecule has 4 aromatic rings. The van der Waals surface area contributed by atoms with Crippen molar-refractivity contribution in [2.75, 3.05) is 13.7 Å². The fourth-order valence-corrected chi connectivity index (χ4v) is 3.87. The van der Waals surface area contributed by atoms with Gasteiger partial charge in [0, 0.05) is 17.6 Å². The van der Waals surface area contributed by atoms with Gasteiger partial charge in [0.15, 0.2) is 0 Å². The minimum Gasteiger partial charge on any atom is -0.508 e. The highest BCUT2D eigenvalue weighted by Gasteiger charge is 2.09. The van der Waals surface area contributed by atoms with E-state index in [1.807, 2.05) is 36.4 Å². The van der Waals surface area contributed by atoms with Gasteiger partial charge in [-0.1, -0.05) is 19.4 Å². The molecule has 0 unspecified atom stereocenters. The molecule has 0 spiro atoms. The van der Waals surface area contributed by atoms with E-state index < -0.39 is 0 Å². The van der Waals surface area contributed by atoms with E-state index >= 15 is 0 Å². The van der Waals surface area contributed by atoms with Gasteiger partial charge < -0.3 is 24.3 Å². The highest BCUT2D eigenvalue weighted by Crippen LogP contribution is 2.30. The number of aromatic amines is 1. The number of fused-ring (bicyclic) bond motifs is 1. The Balaban J connectivity index is 1.39. The first-order chi connectivity index (χ1) is 16.5. The first-order valence-corrected chi connectivity index (χ1v) is 11.4. The lowest BCUT2D eigenvalue weighted by Gasteiger charge is -2.13. The van der Waals surface area contributed by atoms with Crippen LogP contribution >= 0.6 is 0 Å². The molecule has 0 radical (unpaired) electrons. The first kappa shape index (κ1) is 23.2. The third-order valence-electron chi connectivity index (χ3n) is 5.57. The normalized spacial score (nSPS) is 10.9. The van der Waals surface area contributed by atoms with Gasteiger partial charge in [0.05, 0.1) is 20.1 Å². The molecule has 0 saturated heterocycles. The van der Waals surface area contributed by atoms with Crippen LogP contribution in [0.15, 0.2) is 66.7 Å². The number of carbonyl (C=O) groups excluding carboxylic acids is 1. The van der Waals surface area contributed by atoms with Crippen molar-refractivity contribution in [3.63, 3.8) is 0 Å². The third kappa shape index (κ3) is 5.90. The highest BCUT2D eigenvalue weighted by molar-refractivity contribution is 5.82. The summed E-state index contributed by atoms with van der Waals surface area (Å²) >= 11 is 0. The van der Waals surface area contributed by atoms with E-state index in [0.29, 0.717) is 12.4 Å². The van der Waals surface area contributed by atoms with Crippen LogP contribution in [-0.4, -0.2) is 29.8 Å². The quantitative estimate of drug-likeness (QED) is 0.286. The molecule has 0 atom stereocenters. The second kappa shape index (κ2) is 10.8. The Labute approximate surface area is 199 Å². The molecule has 1 aromatic heterocycles. The topological polar surface area (TPSA) is 80.8 Å². The molecule has 4 rings (SSSR count). The zero-order chi connectivity index (χ0) is 23.9. The lowest BCUT2D eigenvalue weighted by molar-refractivity contribution is -0.139. The number of H-pyrrole nitrogens is 1. The summed E-state index contributed by atoms with van der Waals surface area (Å²) in [6, 6.07) is 20.6. The lowest BCUT2D eigenvalue weighted by atomic mass is 10.1. The van der Waals surface area contributed by atoms with Gasteiger partial charge in [0.2, 0.25) is 0 Å². The molecular formula is C28H29NO5. The Morgan fingerprint density at radius 1 is 0.941 bits per heavy atom. The van der Waals surface area contributed by atoms with Gasteiger partial charge in [-0.15, -0.1) is 0 Å². The van der Waals surface area contributed by atoms with E-state index in [9.17, 15) is 9.90 Å². The number of phenolic OH excluding ortho intramolecular Hbond substituents is 1. The summed E-state index contributed by atoms with van der Waals surface area (Å²) in [7, 11) is 1.40. The fourth-order valence-electron chi connectivity index (χ4n) is 3.87. The van der Waals surface area contributed by atoms with Crippen molar-refractivity contribution in [3.05, 3.63) is 83.6 Å². The van der Waals surface area contributed by atoms with Crippen LogP contribution in [0.3, 0.4) is 0 Å². The number of aryl methyl sites for hydroxylation is 1. The smallest absolute Gasteiger partial charge is 0.309 e. The number of aromatic hydroxyl groups is 1. The van der Waals surface area contributed by atoms with Crippen LogP contribution in [0.1, 0.15) is 30.2 Å². The number of esters is 1. The predicted octanol–water partition coefficient (Wildman–Crippen LogP) is 5.96. The second-order valence-corrected chi connectivity index (χ2v) is 8.18. The summed E-state index contributed by atoms with van der Waals surface area (Å²) in [5.74, 6) is 2.23. The third-order valence-corrected chi connectivity index (χ3v) is 5.57. The molecule has 1 heterocycles. The molecule has 176 valence electrons. The molecule has 3 aromatic carbocycles. The Bertz CT molecular complexity index is 1260. The lowest BCUT2D eigenvalue weighted by Crippen LogP contribution is -2.04. The molecule has 0 aliphatic rings. The van der Waals surface area contributed by atoms with Crippen LogP contribution in [0.5, 0.6) is 23.0 Å². The van der Waals surface area contributed by atoms with Crippen molar-refractivity contribution in [1.29, 1.82) is 0 Å². The van der Waals surface area contributed by atoms with E-state index in [0.717, 1.165) is 58.5 Å². The molecule has 0 aliphatic carbocycles. The van der Waals surface area contributed by atoms with E-state index in [2.05, 4.69) is 18.0 Å². The summed E-state index contributed by atoms with van der Waals surface area (Å²) in [5.41, 5.74) is 4.14. The van der Waals surface area contributed by atoms with Gasteiger partial charge in [0.25, 0.3) is 0 Å². The van der Waals surface area contributed by atoms with Crippen LogP contribution < -0.4 is 9.47 Å².